The monoisotopic (exact) mass is 326 g/mol. The van der Waals surface area contributed by atoms with Crippen molar-refractivity contribution >= 4 is 10.9 Å². The van der Waals surface area contributed by atoms with E-state index in [4.69, 9.17) is 4.74 Å². The number of ether oxygens (including phenoxy) is 1. The predicted octanol–water partition coefficient (Wildman–Crippen LogP) is 4.29. The number of rotatable bonds is 3. The smallest absolute Gasteiger partial charge is 0.141 e. The van der Waals surface area contributed by atoms with Gasteiger partial charge in [0.1, 0.15) is 11.9 Å². The van der Waals surface area contributed by atoms with Gasteiger partial charge in [-0.05, 0) is 62.1 Å². The molecule has 1 unspecified atom stereocenters. The van der Waals surface area contributed by atoms with Gasteiger partial charge in [-0.3, -0.25) is 9.88 Å². The summed E-state index contributed by atoms with van der Waals surface area (Å²) in [5.41, 5.74) is 3.03. The van der Waals surface area contributed by atoms with E-state index in [0.29, 0.717) is 5.92 Å². The van der Waals surface area contributed by atoms with E-state index in [1.807, 2.05) is 24.3 Å². The Balaban J connectivity index is 1.70. The Hall–Kier alpha value is -1.94. The summed E-state index contributed by atoms with van der Waals surface area (Å²) in [4.78, 5) is 6.69. The number of allylic oxidation sites excluding steroid dienone is 1. The molecule has 3 nitrogen and oxygen atoms in total. The highest BCUT2D eigenvalue weighted by Crippen LogP contribution is 2.43. The second kappa shape index (κ2) is 6.17. The van der Waals surface area contributed by atoms with Crippen LogP contribution in [0.1, 0.15) is 31.5 Å². The Morgan fingerprint density at radius 1 is 1.38 bits per heavy atom. The first-order valence-corrected chi connectivity index (χ1v) is 8.67. The third kappa shape index (κ3) is 2.49. The third-order valence-electron chi connectivity index (χ3n) is 5.66. The molecule has 3 saturated heterocycles. The van der Waals surface area contributed by atoms with E-state index in [-0.39, 0.29) is 6.04 Å². The van der Waals surface area contributed by atoms with Crippen molar-refractivity contribution in [2.45, 2.75) is 32.0 Å². The Bertz CT molecular complexity index is 788. The van der Waals surface area contributed by atoms with Crippen LogP contribution in [-0.4, -0.2) is 36.1 Å². The largest absolute Gasteiger partial charge is 0.497 e. The van der Waals surface area contributed by atoms with Crippen LogP contribution in [0.4, 0.5) is 4.39 Å². The normalized spacial score (nSPS) is 29.1. The van der Waals surface area contributed by atoms with E-state index < -0.39 is 6.17 Å². The van der Waals surface area contributed by atoms with Crippen molar-refractivity contribution in [1.82, 2.24) is 9.88 Å². The predicted molar refractivity (Wildman–Crippen MR) is 94.0 cm³/mol. The molecule has 0 aliphatic carbocycles. The lowest BCUT2D eigenvalue weighted by molar-refractivity contribution is 0.0356. The van der Waals surface area contributed by atoms with Crippen molar-refractivity contribution in [2.75, 3.05) is 20.2 Å². The van der Waals surface area contributed by atoms with Gasteiger partial charge in [0, 0.05) is 24.2 Å². The fraction of sp³-hybridized carbons (Fsp3) is 0.450. The Labute approximate surface area is 142 Å². The summed E-state index contributed by atoms with van der Waals surface area (Å²) in [6, 6.07) is 7.46. The van der Waals surface area contributed by atoms with Crippen LogP contribution >= 0.6 is 0 Å². The summed E-state index contributed by atoms with van der Waals surface area (Å²) in [6.07, 6.45) is 5.00. The Kier molecular flexibility index (Phi) is 4.01. The number of piperidine rings is 3. The molecule has 5 rings (SSSR count). The van der Waals surface area contributed by atoms with E-state index in [0.717, 1.165) is 48.1 Å². The van der Waals surface area contributed by atoms with Crippen LogP contribution in [0.3, 0.4) is 0 Å². The molecular weight excluding hydrogens is 303 g/mol. The molecule has 4 atom stereocenters. The highest BCUT2D eigenvalue weighted by atomic mass is 19.1. The molecule has 2 aromatic rings. The minimum atomic E-state index is -0.996. The van der Waals surface area contributed by atoms with Gasteiger partial charge in [-0.2, -0.15) is 0 Å². The lowest BCUT2D eigenvalue weighted by atomic mass is 9.77. The first kappa shape index (κ1) is 15.6. The zero-order valence-electron chi connectivity index (χ0n) is 14.2. The molecule has 0 radical (unpaired) electrons. The molecule has 0 amide bonds. The van der Waals surface area contributed by atoms with Gasteiger partial charge in [-0.25, -0.2) is 4.39 Å². The van der Waals surface area contributed by atoms with Gasteiger partial charge in [0.05, 0.1) is 12.6 Å². The maximum atomic E-state index is 15.5. The topological polar surface area (TPSA) is 25.4 Å². The fourth-order valence-corrected chi connectivity index (χ4v) is 4.30. The van der Waals surface area contributed by atoms with Gasteiger partial charge >= 0.3 is 0 Å². The molecule has 3 aliphatic rings. The van der Waals surface area contributed by atoms with Crippen LogP contribution in [0.15, 0.2) is 42.1 Å². The first-order chi connectivity index (χ1) is 11.7. The number of hydrogen-bond acceptors (Lipinski definition) is 3. The molecular formula is C20H23FN2O. The van der Waals surface area contributed by atoms with Crippen LogP contribution in [-0.2, 0) is 0 Å². The summed E-state index contributed by atoms with van der Waals surface area (Å²) in [7, 11) is 1.63. The molecule has 2 bridgehead atoms. The van der Waals surface area contributed by atoms with Gasteiger partial charge in [0.15, 0.2) is 0 Å². The number of fused-ring (bicyclic) bond motifs is 4. The maximum Gasteiger partial charge on any atom is 0.141 e. The Morgan fingerprint density at radius 2 is 2.25 bits per heavy atom. The van der Waals surface area contributed by atoms with Crippen LogP contribution in [0.2, 0.25) is 0 Å². The van der Waals surface area contributed by atoms with E-state index in [1.165, 1.54) is 5.57 Å². The van der Waals surface area contributed by atoms with Crippen molar-refractivity contribution in [3.05, 3.63) is 47.7 Å². The van der Waals surface area contributed by atoms with Gasteiger partial charge in [0.2, 0.25) is 0 Å². The molecule has 126 valence electrons. The molecule has 3 aliphatic heterocycles. The third-order valence-corrected chi connectivity index (χ3v) is 5.66. The van der Waals surface area contributed by atoms with Crippen molar-refractivity contribution < 1.29 is 9.13 Å². The summed E-state index contributed by atoms with van der Waals surface area (Å²) in [5.74, 6) is 1.29. The zero-order valence-corrected chi connectivity index (χ0v) is 14.2. The molecule has 0 N–H and O–H groups in total. The van der Waals surface area contributed by atoms with Crippen molar-refractivity contribution in [3.63, 3.8) is 0 Å². The van der Waals surface area contributed by atoms with Crippen LogP contribution in [0.5, 0.6) is 5.75 Å². The number of halogens is 1. The quantitative estimate of drug-likeness (QED) is 0.787. The van der Waals surface area contributed by atoms with Gasteiger partial charge in [-0.1, -0.05) is 11.6 Å². The molecule has 3 fully saturated rings. The standard InChI is InChI=1S/C20H23FN2O/c1-3-13-12-23-9-7-14(13)10-19(23)20(21)16-6-8-22-18-5-4-15(24-2)11-17(16)18/h3-6,8,11,14,19-20H,7,9-10,12H2,1-2H3/t14-,19-,20-/m0/s1. The molecule has 24 heavy (non-hydrogen) atoms. The molecule has 1 aromatic heterocycles. The molecule has 4 heterocycles. The highest BCUT2D eigenvalue weighted by Gasteiger charge is 2.41. The summed E-state index contributed by atoms with van der Waals surface area (Å²) in [6.45, 7) is 4.01. The molecule has 0 spiro atoms. The summed E-state index contributed by atoms with van der Waals surface area (Å²) < 4.78 is 20.9. The SMILES string of the molecule is CC=C1CN2CC[C@H]1C[C@H]2[C@@H](F)c1ccnc2ccc(OC)cc12. The van der Waals surface area contributed by atoms with E-state index in [2.05, 4.69) is 22.9 Å². The number of aromatic nitrogens is 1. The minimum absolute atomic E-state index is 0.0377. The highest BCUT2D eigenvalue weighted by molar-refractivity contribution is 5.84. The van der Waals surface area contributed by atoms with Gasteiger partial charge in [-0.15, -0.1) is 0 Å². The van der Waals surface area contributed by atoms with Crippen molar-refractivity contribution in [1.29, 1.82) is 0 Å². The van der Waals surface area contributed by atoms with E-state index in [1.54, 1.807) is 13.3 Å². The number of alkyl halides is 1. The average molecular weight is 326 g/mol. The maximum absolute atomic E-state index is 15.5. The number of benzene rings is 1. The Morgan fingerprint density at radius 3 is 2.96 bits per heavy atom. The van der Waals surface area contributed by atoms with Crippen LogP contribution in [0.25, 0.3) is 10.9 Å². The lowest BCUT2D eigenvalue weighted by Gasteiger charge is -2.48. The second-order valence-corrected chi connectivity index (χ2v) is 6.81. The van der Waals surface area contributed by atoms with Crippen molar-refractivity contribution in [3.8, 4) is 5.75 Å². The first-order valence-electron chi connectivity index (χ1n) is 8.67. The zero-order chi connectivity index (χ0) is 16.7. The summed E-state index contributed by atoms with van der Waals surface area (Å²) in [5, 5.41) is 0.859. The number of methoxy groups -OCH3 is 1. The van der Waals surface area contributed by atoms with Gasteiger partial charge < -0.3 is 4.74 Å². The summed E-state index contributed by atoms with van der Waals surface area (Å²) >= 11 is 0. The van der Waals surface area contributed by atoms with E-state index >= 15 is 4.39 Å². The lowest BCUT2D eigenvalue weighted by Crippen LogP contribution is -2.51. The minimum Gasteiger partial charge on any atom is -0.497 e. The molecule has 4 heteroatoms. The molecule has 1 aromatic carbocycles. The average Bonchev–Trinajstić information content (AvgIpc) is 2.66. The van der Waals surface area contributed by atoms with Crippen LogP contribution in [0, 0.1) is 5.92 Å². The van der Waals surface area contributed by atoms with Gasteiger partial charge in [0.25, 0.3) is 0 Å². The van der Waals surface area contributed by atoms with E-state index in [9.17, 15) is 0 Å². The van der Waals surface area contributed by atoms with Crippen molar-refractivity contribution in [2.24, 2.45) is 5.92 Å². The number of nitrogens with zero attached hydrogens (tertiary/aromatic N) is 2. The van der Waals surface area contributed by atoms with Crippen LogP contribution < -0.4 is 4.74 Å². The number of hydrogen-bond donors (Lipinski definition) is 0. The molecule has 0 saturated carbocycles. The second-order valence-electron chi connectivity index (χ2n) is 6.81. The number of pyridine rings is 1. The fourth-order valence-electron chi connectivity index (χ4n) is 4.30.